The van der Waals surface area contributed by atoms with E-state index in [4.69, 9.17) is 28.4 Å². The molecule has 3 heterocycles. The highest BCUT2D eigenvalue weighted by atomic mass is 16.8. The zero-order chi connectivity index (χ0) is 70.4. The summed E-state index contributed by atoms with van der Waals surface area (Å²) in [5, 5.41) is 120. The van der Waals surface area contributed by atoms with Crippen molar-refractivity contribution in [3.63, 3.8) is 0 Å². The van der Waals surface area contributed by atoms with E-state index in [0.717, 1.165) is 44.9 Å². The van der Waals surface area contributed by atoms with Crippen molar-refractivity contribution in [1.82, 2.24) is 5.32 Å². The lowest BCUT2D eigenvalue weighted by Crippen LogP contribution is -2.66. The van der Waals surface area contributed by atoms with E-state index < -0.39 is 124 Å². The second-order valence-corrected chi connectivity index (χ2v) is 28.5. The van der Waals surface area contributed by atoms with E-state index in [1.807, 2.05) is 6.08 Å². The largest absolute Gasteiger partial charge is 0.394 e. The lowest BCUT2D eigenvalue weighted by molar-refractivity contribution is -0.379. The molecule has 17 unspecified atom stereocenters. The van der Waals surface area contributed by atoms with Crippen molar-refractivity contribution in [2.24, 2.45) is 0 Å². The average Bonchev–Trinajstić information content (AvgIpc) is 0.791. The fraction of sp³-hybridized carbons (Fsp3) is 0.910. The smallest absolute Gasteiger partial charge is 0.220 e. The normalized spacial score (nSPS) is 27.0. The third-order valence-corrected chi connectivity index (χ3v) is 19.9. The average molecular weight is 1390 g/mol. The summed E-state index contributed by atoms with van der Waals surface area (Å²) in [5.74, 6) is -0.286. The van der Waals surface area contributed by atoms with Crippen molar-refractivity contribution in [2.45, 2.75) is 426 Å². The molecule has 0 spiro atoms. The molecule has 0 bridgehead atoms. The van der Waals surface area contributed by atoms with Crippen LogP contribution in [0.1, 0.15) is 322 Å². The minimum Gasteiger partial charge on any atom is -0.394 e. The Morgan fingerprint density at radius 3 is 1.02 bits per heavy atom. The number of aliphatic hydroxyl groups excluding tert-OH is 11. The van der Waals surface area contributed by atoms with Crippen LogP contribution in [0.5, 0.6) is 0 Å². The van der Waals surface area contributed by atoms with Crippen LogP contribution >= 0.6 is 0 Å². The number of nitrogens with one attached hydrogen (secondary N) is 1. The molecule has 19 nitrogen and oxygen atoms in total. The molecule has 3 rings (SSSR count). The summed E-state index contributed by atoms with van der Waals surface area (Å²) < 4.78 is 34.3. The lowest BCUT2D eigenvalue weighted by atomic mass is 9.96. The second kappa shape index (κ2) is 59.4. The molecule has 3 aliphatic rings. The van der Waals surface area contributed by atoms with Crippen molar-refractivity contribution < 1.29 is 89.4 Å². The zero-order valence-electron chi connectivity index (χ0n) is 60.8. The summed E-state index contributed by atoms with van der Waals surface area (Å²) in [6.45, 7) is 1.68. The number of hydrogen-bond donors (Lipinski definition) is 12. The van der Waals surface area contributed by atoms with Gasteiger partial charge in [-0.1, -0.05) is 314 Å². The summed E-state index contributed by atoms with van der Waals surface area (Å²) in [6, 6.07) is -0.994. The van der Waals surface area contributed by atoms with Gasteiger partial charge in [0.1, 0.15) is 73.2 Å². The van der Waals surface area contributed by atoms with Crippen LogP contribution in [0.2, 0.25) is 0 Å². The van der Waals surface area contributed by atoms with Gasteiger partial charge in [-0.25, -0.2) is 0 Å². The number of carbonyl (C=O) groups is 1. The van der Waals surface area contributed by atoms with Crippen LogP contribution in [0, 0.1) is 0 Å². The molecule has 0 aromatic carbocycles. The first-order chi connectivity index (χ1) is 47.3. The molecule has 0 aliphatic carbocycles. The van der Waals surface area contributed by atoms with Crippen LogP contribution in [0.25, 0.3) is 0 Å². The van der Waals surface area contributed by atoms with Crippen molar-refractivity contribution in [3.05, 3.63) is 36.5 Å². The van der Waals surface area contributed by atoms with Crippen molar-refractivity contribution in [3.8, 4) is 0 Å². The van der Waals surface area contributed by atoms with Gasteiger partial charge in [-0.2, -0.15) is 0 Å². The summed E-state index contributed by atoms with van der Waals surface area (Å²) in [4.78, 5) is 13.4. The maximum atomic E-state index is 13.4. The first-order valence-corrected chi connectivity index (χ1v) is 39.7. The molecule has 19 heteroatoms. The Morgan fingerprint density at radius 2 is 0.660 bits per heavy atom. The second-order valence-electron chi connectivity index (χ2n) is 28.5. The molecule has 1 amide bonds. The molecule has 3 saturated heterocycles. The van der Waals surface area contributed by atoms with Crippen molar-refractivity contribution >= 4 is 5.91 Å². The maximum absolute atomic E-state index is 13.4. The Hall–Kier alpha value is -1.99. The molecule has 17 atom stereocenters. The van der Waals surface area contributed by atoms with Gasteiger partial charge < -0.3 is 89.9 Å². The summed E-state index contributed by atoms with van der Waals surface area (Å²) in [5.41, 5.74) is 0. The highest BCUT2D eigenvalue weighted by molar-refractivity contribution is 5.76. The fourth-order valence-corrected chi connectivity index (χ4v) is 13.5. The molecule has 0 radical (unpaired) electrons. The molecule has 97 heavy (non-hydrogen) atoms. The summed E-state index contributed by atoms with van der Waals surface area (Å²) >= 11 is 0. The monoisotopic (exact) mass is 1380 g/mol. The molecule has 12 N–H and O–H groups in total. The summed E-state index contributed by atoms with van der Waals surface area (Å²) in [7, 11) is 0. The Bertz CT molecular complexity index is 1900. The Kier molecular flexibility index (Phi) is 54.6. The van der Waals surface area contributed by atoms with Crippen molar-refractivity contribution in [2.75, 3.05) is 26.4 Å². The van der Waals surface area contributed by atoms with Crippen LogP contribution in [0.15, 0.2) is 36.5 Å². The van der Waals surface area contributed by atoms with E-state index in [0.29, 0.717) is 12.8 Å². The predicted molar refractivity (Wildman–Crippen MR) is 383 cm³/mol. The SMILES string of the molecule is CCCC/C=C/CC/C=C/CC/C=C/C(O)C(COC1OC(CO)C(OC2OC(CO)C(OC3OC(CO)C(O)C(O)C3O)C(O)C2O)C(O)C1O)NC(=O)CCCCCCCCCCCCCCCCCCCCCCCCCCCCCCCCCCCCCCCCCC. The van der Waals surface area contributed by atoms with Gasteiger partial charge in [0.15, 0.2) is 18.9 Å². The molecular weight excluding hydrogens is 1240 g/mol. The number of allylic oxidation sites excluding steroid dienone is 5. The Labute approximate surface area is 587 Å². The molecule has 0 aromatic heterocycles. The maximum Gasteiger partial charge on any atom is 0.220 e. The van der Waals surface area contributed by atoms with Gasteiger partial charge in [0.05, 0.1) is 38.6 Å². The van der Waals surface area contributed by atoms with Crippen LogP contribution in [0.4, 0.5) is 0 Å². The minimum atomic E-state index is -1.98. The number of rotatable bonds is 63. The van der Waals surface area contributed by atoms with E-state index >= 15 is 0 Å². The minimum absolute atomic E-state index is 0.236. The third-order valence-electron chi connectivity index (χ3n) is 19.9. The van der Waals surface area contributed by atoms with Gasteiger partial charge in [0.25, 0.3) is 0 Å². The zero-order valence-corrected chi connectivity index (χ0v) is 60.8. The van der Waals surface area contributed by atoms with Gasteiger partial charge in [-0.3, -0.25) is 4.79 Å². The van der Waals surface area contributed by atoms with Gasteiger partial charge in [-0.05, 0) is 38.5 Å². The number of carbonyl (C=O) groups excluding carboxylic acids is 1. The van der Waals surface area contributed by atoms with Crippen LogP contribution < -0.4 is 5.32 Å². The standard InChI is InChI=1S/C78H145NO18/c1-3-5-7-9-11-13-15-17-18-19-20-21-22-23-24-25-26-27-28-29-30-31-32-33-34-35-36-37-38-39-40-41-42-43-44-46-48-50-52-54-56-66(84)79-61(62(83)55-53-51-49-47-45-16-14-12-10-8-6-4-2)60-92-76-72(90)69(87)74(64(58-81)94-76)97-78-73(91)70(88)75(65(59-82)95-78)96-77-71(89)68(86)67(85)63(57-80)93-77/h10,12,45,47,53,55,61-65,67-78,80-83,85-91H,3-9,11,13-44,46,48-52,54,56-60H2,1-2H3,(H,79,84)/b12-10+,47-45+,55-53+. The van der Waals surface area contributed by atoms with E-state index in [2.05, 4.69) is 43.5 Å². The van der Waals surface area contributed by atoms with Gasteiger partial charge in [0.2, 0.25) is 5.91 Å². The van der Waals surface area contributed by atoms with E-state index in [-0.39, 0.29) is 18.9 Å². The first-order valence-electron chi connectivity index (χ1n) is 39.7. The van der Waals surface area contributed by atoms with Crippen LogP contribution in [0.3, 0.4) is 0 Å². The van der Waals surface area contributed by atoms with Gasteiger partial charge in [-0.15, -0.1) is 0 Å². The molecule has 3 aliphatic heterocycles. The quantitative estimate of drug-likeness (QED) is 0.0199. The Morgan fingerprint density at radius 1 is 0.361 bits per heavy atom. The molecule has 0 aromatic rings. The van der Waals surface area contributed by atoms with Gasteiger partial charge >= 0.3 is 0 Å². The van der Waals surface area contributed by atoms with Crippen molar-refractivity contribution in [1.29, 1.82) is 0 Å². The van der Waals surface area contributed by atoms with E-state index in [9.17, 15) is 61.0 Å². The molecular formula is C78H145NO18. The fourth-order valence-electron chi connectivity index (χ4n) is 13.5. The van der Waals surface area contributed by atoms with E-state index in [1.165, 1.54) is 244 Å². The third kappa shape index (κ3) is 40.0. The predicted octanol–water partition coefficient (Wildman–Crippen LogP) is 12.7. The topological polar surface area (TPSA) is 307 Å². The number of unbranched alkanes of at least 4 members (excludes halogenated alkanes) is 43. The van der Waals surface area contributed by atoms with E-state index in [1.54, 1.807) is 6.08 Å². The number of amides is 1. The van der Waals surface area contributed by atoms with Gasteiger partial charge in [0, 0.05) is 6.42 Å². The van der Waals surface area contributed by atoms with Crippen LogP contribution in [-0.4, -0.2) is 193 Å². The lowest BCUT2D eigenvalue weighted by Gasteiger charge is -2.48. The Balaban J connectivity index is 1.26. The molecule has 570 valence electrons. The highest BCUT2D eigenvalue weighted by Gasteiger charge is 2.53. The summed E-state index contributed by atoms with van der Waals surface area (Å²) in [6.07, 6.45) is 46.3. The molecule has 0 saturated carbocycles. The number of ether oxygens (including phenoxy) is 6. The number of aliphatic hydroxyl groups is 11. The highest BCUT2D eigenvalue weighted by Crippen LogP contribution is 2.33. The molecule has 3 fully saturated rings. The first kappa shape index (κ1) is 89.2. The number of hydrogen-bond acceptors (Lipinski definition) is 18. The van der Waals surface area contributed by atoms with Crippen LogP contribution in [-0.2, 0) is 33.2 Å².